The van der Waals surface area contributed by atoms with E-state index in [9.17, 15) is 0 Å². The van der Waals surface area contributed by atoms with Crippen molar-refractivity contribution in [3.05, 3.63) is 5.82 Å². The van der Waals surface area contributed by atoms with Crippen LogP contribution in [0.5, 0.6) is 6.01 Å². The second-order valence-corrected chi connectivity index (χ2v) is 4.84. The van der Waals surface area contributed by atoms with Crippen molar-refractivity contribution >= 4 is 17.7 Å². The second-order valence-electron chi connectivity index (χ2n) is 3.91. The van der Waals surface area contributed by atoms with Crippen LogP contribution in [-0.4, -0.2) is 36.3 Å². The summed E-state index contributed by atoms with van der Waals surface area (Å²) in [7, 11) is 1.87. The minimum absolute atomic E-state index is 0.233. The maximum atomic E-state index is 5.40. The first-order valence-corrected chi connectivity index (χ1v) is 6.85. The monoisotopic (exact) mass is 296 g/mol. The second kappa shape index (κ2) is 6.48. The molecule has 3 N–H and O–H groups in total. The van der Waals surface area contributed by atoms with Crippen molar-refractivity contribution in [1.82, 2.24) is 29.7 Å². The first kappa shape index (κ1) is 14.5. The van der Waals surface area contributed by atoms with Crippen molar-refractivity contribution in [2.75, 3.05) is 12.0 Å². The summed E-state index contributed by atoms with van der Waals surface area (Å²) in [6, 6.07) is 0.233. The Bertz CT molecular complexity index is 587. The molecule has 0 bridgehead atoms. The molecule has 10 heteroatoms. The zero-order valence-corrected chi connectivity index (χ0v) is 12.3. The molecule has 9 nitrogen and oxygen atoms in total. The highest BCUT2D eigenvalue weighted by Gasteiger charge is 2.12. The van der Waals surface area contributed by atoms with Crippen LogP contribution in [0.1, 0.15) is 19.2 Å². The molecule has 0 aromatic carbocycles. The van der Waals surface area contributed by atoms with Gasteiger partial charge >= 0.3 is 6.01 Å². The van der Waals surface area contributed by atoms with E-state index in [0.717, 1.165) is 12.2 Å². The summed E-state index contributed by atoms with van der Waals surface area (Å²) in [4.78, 5) is 12.4. The van der Waals surface area contributed by atoms with Gasteiger partial charge in [0.1, 0.15) is 5.82 Å². The predicted molar refractivity (Wildman–Crippen MR) is 73.3 cm³/mol. The van der Waals surface area contributed by atoms with Gasteiger partial charge in [-0.1, -0.05) is 6.92 Å². The summed E-state index contributed by atoms with van der Waals surface area (Å²) in [5.41, 5.74) is 2.39. The van der Waals surface area contributed by atoms with Crippen LogP contribution >= 0.6 is 11.8 Å². The molecule has 0 unspecified atom stereocenters. The number of aryl methyl sites for hydroxylation is 1. The first-order chi connectivity index (χ1) is 9.63. The number of hydrogen-bond acceptors (Lipinski definition) is 9. The van der Waals surface area contributed by atoms with Crippen molar-refractivity contribution in [1.29, 1.82) is 0 Å². The van der Waals surface area contributed by atoms with E-state index < -0.39 is 0 Å². The Morgan fingerprint density at radius 2 is 2.10 bits per heavy atom. The number of ether oxygens (including phenoxy) is 1. The van der Waals surface area contributed by atoms with Crippen LogP contribution < -0.4 is 16.0 Å². The summed E-state index contributed by atoms with van der Waals surface area (Å²) in [5.74, 6) is 6.39. The molecule has 108 valence electrons. The lowest BCUT2D eigenvalue weighted by Crippen LogP contribution is -2.13. The van der Waals surface area contributed by atoms with Crippen LogP contribution in [0.25, 0.3) is 0 Å². The normalized spacial score (nSPS) is 10.6. The number of nitrogens with one attached hydrogen (secondary N) is 1. The maximum absolute atomic E-state index is 5.40. The zero-order chi connectivity index (χ0) is 14.5. The molecule has 0 saturated heterocycles. The minimum Gasteiger partial charge on any atom is -0.463 e. The van der Waals surface area contributed by atoms with Crippen LogP contribution in [-0.2, 0) is 7.05 Å². The van der Waals surface area contributed by atoms with Gasteiger partial charge in [0.05, 0.1) is 6.61 Å². The molecule has 0 fully saturated rings. The van der Waals surface area contributed by atoms with E-state index in [4.69, 9.17) is 10.6 Å². The van der Waals surface area contributed by atoms with Crippen molar-refractivity contribution in [3.8, 4) is 6.01 Å². The lowest BCUT2D eigenvalue weighted by molar-refractivity contribution is 0.288. The minimum atomic E-state index is 0.233. The quantitative estimate of drug-likeness (QED) is 0.581. The third-order valence-electron chi connectivity index (χ3n) is 2.39. The Morgan fingerprint density at radius 3 is 2.70 bits per heavy atom. The molecule has 0 radical (unpaired) electrons. The Labute approximate surface area is 120 Å². The summed E-state index contributed by atoms with van der Waals surface area (Å²) in [6.07, 6.45) is 0.863. The molecule has 0 aliphatic carbocycles. The molecule has 2 aromatic rings. The van der Waals surface area contributed by atoms with Gasteiger partial charge in [-0.2, -0.15) is 15.0 Å². The van der Waals surface area contributed by atoms with Crippen LogP contribution in [0.4, 0.5) is 5.95 Å². The van der Waals surface area contributed by atoms with Crippen LogP contribution in [0.15, 0.2) is 10.3 Å². The molecular weight excluding hydrogens is 280 g/mol. The highest BCUT2D eigenvalue weighted by molar-refractivity contribution is 7.99. The number of hydrogen-bond donors (Lipinski definition) is 2. The molecule has 0 atom stereocenters. The summed E-state index contributed by atoms with van der Waals surface area (Å²) >= 11 is 1.26. The standard InChI is InChI=1S/C10H16N8OS/c1-4-5-19-8-12-7(15-11)13-9(14-8)20-10-17-16-6(2)18(10)3/h4-5,11H2,1-3H3,(H,12,13,14,15). The van der Waals surface area contributed by atoms with Crippen molar-refractivity contribution in [3.63, 3.8) is 0 Å². The number of nitrogens with zero attached hydrogens (tertiary/aromatic N) is 6. The SMILES string of the molecule is CCCOc1nc(NN)nc(Sc2nnc(C)n2C)n1. The van der Waals surface area contributed by atoms with E-state index in [1.54, 1.807) is 0 Å². The molecule has 20 heavy (non-hydrogen) atoms. The Hall–Kier alpha value is -1.94. The van der Waals surface area contributed by atoms with E-state index in [0.29, 0.717) is 16.9 Å². The fourth-order valence-electron chi connectivity index (χ4n) is 1.26. The summed E-state index contributed by atoms with van der Waals surface area (Å²) in [6.45, 7) is 4.40. The summed E-state index contributed by atoms with van der Waals surface area (Å²) < 4.78 is 7.24. The highest BCUT2D eigenvalue weighted by Crippen LogP contribution is 2.24. The van der Waals surface area contributed by atoms with Crippen LogP contribution in [0, 0.1) is 6.92 Å². The molecule has 2 heterocycles. The fourth-order valence-corrected chi connectivity index (χ4v) is 2.03. The Morgan fingerprint density at radius 1 is 1.30 bits per heavy atom. The highest BCUT2D eigenvalue weighted by atomic mass is 32.2. The van der Waals surface area contributed by atoms with Crippen LogP contribution in [0.2, 0.25) is 0 Å². The molecule has 2 rings (SSSR count). The number of nitrogens with two attached hydrogens (primary N) is 1. The topological polar surface area (TPSA) is 117 Å². The molecular formula is C10H16N8OS. The molecule has 0 saturated carbocycles. The average Bonchev–Trinajstić information content (AvgIpc) is 2.77. The van der Waals surface area contributed by atoms with Gasteiger partial charge in [0, 0.05) is 7.05 Å². The maximum Gasteiger partial charge on any atom is 0.322 e. The average molecular weight is 296 g/mol. The van der Waals surface area contributed by atoms with Gasteiger partial charge in [0.15, 0.2) is 5.16 Å². The third kappa shape index (κ3) is 3.33. The van der Waals surface area contributed by atoms with Gasteiger partial charge in [0.2, 0.25) is 11.1 Å². The number of rotatable bonds is 6. The molecule has 0 spiro atoms. The fraction of sp³-hybridized carbons (Fsp3) is 0.500. The van der Waals surface area contributed by atoms with Crippen molar-refractivity contribution in [2.24, 2.45) is 12.9 Å². The van der Waals surface area contributed by atoms with Crippen LogP contribution in [0.3, 0.4) is 0 Å². The van der Waals surface area contributed by atoms with Gasteiger partial charge in [0.25, 0.3) is 0 Å². The first-order valence-electron chi connectivity index (χ1n) is 6.03. The van der Waals surface area contributed by atoms with Gasteiger partial charge in [-0.05, 0) is 25.1 Å². The lowest BCUT2D eigenvalue weighted by Gasteiger charge is -2.06. The van der Waals surface area contributed by atoms with Gasteiger partial charge in [-0.25, -0.2) is 5.84 Å². The van der Waals surface area contributed by atoms with Gasteiger partial charge in [-0.3, -0.25) is 5.43 Å². The van der Waals surface area contributed by atoms with E-state index in [1.165, 1.54) is 11.8 Å². The van der Waals surface area contributed by atoms with E-state index >= 15 is 0 Å². The smallest absolute Gasteiger partial charge is 0.322 e. The Kier molecular flexibility index (Phi) is 4.69. The molecule has 0 aliphatic rings. The van der Waals surface area contributed by atoms with E-state index in [1.807, 2.05) is 25.5 Å². The van der Waals surface area contributed by atoms with E-state index in [2.05, 4.69) is 30.6 Å². The molecule has 2 aromatic heterocycles. The van der Waals surface area contributed by atoms with Crippen molar-refractivity contribution in [2.45, 2.75) is 30.6 Å². The number of aromatic nitrogens is 6. The van der Waals surface area contributed by atoms with Crippen molar-refractivity contribution < 1.29 is 4.74 Å². The number of hydrazine groups is 1. The lowest BCUT2D eigenvalue weighted by atomic mass is 10.5. The number of anilines is 1. The summed E-state index contributed by atoms with van der Waals surface area (Å²) in [5, 5.41) is 9.14. The van der Waals surface area contributed by atoms with Gasteiger partial charge < -0.3 is 9.30 Å². The van der Waals surface area contributed by atoms with Gasteiger partial charge in [-0.15, -0.1) is 10.2 Å². The molecule has 0 aliphatic heterocycles. The molecule has 0 amide bonds. The predicted octanol–water partition coefficient (Wildman–Crippen LogP) is 0.534. The number of nitrogen functional groups attached to an aromatic ring is 1. The Balaban J connectivity index is 2.23. The van der Waals surface area contributed by atoms with E-state index in [-0.39, 0.29) is 12.0 Å². The zero-order valence-electron chi connectivity index (χ0n) is 11.5. The third-order valence-corrected chi connectivity index (χ3v) is 3.30. The largest absolute Gasteiger partial charge is 0.463 e.